The maximum Gasteiger partial charge on any atom is 0.157 e. The van der Waals surface area contributed by atoms with Gasteiger partial charge in [0.2, 0.25) is 0 Å². The van der Waals surface area contributed by atoms with Crippen molar-refractivity contribution in [2.45, 2.75) is 168 Å². The standard InChI is InChI=1S/C20H23NO2S.C18H23NO2S.C15H23NO2S.C13H21NO2S/c1-14(22)18-11-12-21(24(23)20(2,3)4)19(18)17-10-9-15-7-5-6-8-16(15)13-17;1-14(20)16-12-13-19(22(21)18(2,3)4)17(16)11-10-15-8-6-5-7-9-15;1-6-7-8-9-14-13(12(2)17)10-11-16(14)19(18)15(3,4)5;1-6-7-12-11(10(2)15)8-9-14(12)17(16)13(3,4)5/h5-11,13,19H,12H2,1-4H3;5-12,17H,13H2,1-4H3;6-10,14H,11H2,1-5H3;6-8,12H,9H2,1-5H3/b;11-10+;7-6+,9-8+;7-6+/t19-,24-;17-,22-;14-,19-;12-,17-/m0000/s1. The maximum absolute atomic E-state index is 13.0. The third kappa shape index (κ3) is 18.7. The largest absolute Gasteiger partial charge is 0.295 e. The Kier molecular flexibility index (Phi) is 25.5. The van der Waals surface area contributed by atoms with Crippen molar-refractivity contribution in [1.29, 1.82) is 0 Å². The molecule has 4 aliphatic heterocycles. The van der Waals surface area contributed by atoms with Gasteiger partial charge in [-0.25, -0.2) is 34.1 Å². The van der Waals surface area contributed by atoms with Crippen molar-refractivity contribution < 1.29 is 36.0 Å². The molecule has 0 fully saturated rings. The van der Waals surface area contributed by atoms with Crippen LogP contribution >= 0.6 is 0 Å². The molecule has 0 aliphatic carbocycles. The number of rotatable bonds is 14. The summed E-state index contributed by atoms with van der Waals surface area (Å²) in [5, 5.41) is 2.29. The van der Waals surface area contributed by atoms with Gasteiger partial charge in [0.1, 0.15) is 43.9 Å². The molecule has 16 heteroatoms. The highest BCUT2D eigenvalue weighted by Gasteiger charge is 2.41. The Bertz CT molecular complexity index is 3140. The van der Waals surface area contributed by atoms with Gasteiger partial charge in [-0.2, -0.15) is 0 Å². The van der Waals surface area contributed by atoms with E-state index in [9.17, 15) is 36.0 Å². The van der Waals surface area contributed by atoms with E-state index < -0.39 is 43.9 Å². The normalized spacial score (nSPS) is 21.9. The number of Topliss-reactive ketones (excluding diaryl/α,β-unsaturated/α-hetero) is 4. The van der Waals surface area contributed by atoms with E-state index in [2.05, 4.69) is 24.3 Å². The van der Waals surface area contributed by atoms with Crippen LogP contribution in [0.25, 0.3) is 16.8 Å². The van der Waals surface area contributed by atoms with Crippen LogP contribution in [0.3, 0.4) is 0 Å². The average Bonchev–Trinajstić information content (AvgIpc) is 4.27. The average molecular weight is 1200 g/mol. The van der Waals surface area contributed by atoms with E-state index in [4.69, 9.17) is 0 Å². The summed E-state index contributed by atoms with van der Waals surface area (Å²) in [5.41, 5.74) is 5.04. The molecular formula is C66H90N4O8S4. The molecule has 7 rings (SSSR count). The lowest BCUT2D eigenvalue weighted by Gasteiger charge is -2.31. The van der Waals surface area contributed by atoms with Crippen molar-refractivity contribution in [3.05, 3.63) is 173 Å². The highest BCUT2D eigenvalue weighted by molar-refractivity contribution is 7.84. The second-order valence-electron chi connectivity index (χ2n) is 24.3. The van der Waals surface area contributed by atoms with Crippen molar-refractivity contribution in [1.82, 2.24) is 17.2 Å². The van der Waals surface area contributed by atoms with Gasteiger partial charge < -0.3 is 0 Å². The summed E-state index contributed by atoms with van der Waals surface area (Å²) in [6, 6.07) is 23.5. The zero-order valence-electron chi connectivity index (χ0n) is 51.7. The first kappa shape index (κ1) is 69.5. The molecule has 4 aliphatic rings. The van der Waals surface area contributed by atoms with Crippen LogP contribution in [0.1, 0.15) is 142 Å². The highest BCUT2D eigenvalue weighted by Crippen LogP contribution is 2.39. The van der Waals surface area contributed by atoms with E-state index >= 15 is 0 Å². The first-order chi connectivity index (χ1) is 38.2. The van der Waals surface area contributed by atoms with Crippen LogP contribution in [0, 0.1) is 0 Å². The lowest BCUT2D eigenvalue weighted by molar-refractivity contribution is -0.114. The smallest absolute Gasteiger partial charge is 0.157 e. The minimum Gasteiger partial charge on any atom is -0.295 e. The number of allylic oxidation sites excluding steroid dienone is 4. The number of benzene rings is 3. The predicted molar refractivity (Wildman–Crippen MR) is 346 cm³/mol. The summed E-state index contributed by atoms with van der Waals surface area (Å²) < 4.78 is 56.8. The molecule has 0 N–H and O–H groups in total. The van der Waals surface area contributed by atoms with Crippen LogP contribution in [-0.2, 0) is 63.1 Å². The van der Waals surface area contributed by atoms with Crippen molar-refractivity contribution in [3.63, 3.8) is 0 Å². The molecule has 0 saturated carbocycles. The summed E-state index contributed by atoms with van der Waals surface area (Å²) in [4.78, 5) is 47.2. The lowest BCUT2D eigenvalue weighted by Crippen LogP contribution is -2.41. The summed E-state index contributed by atoms with van der Waals surface area (Å²) in [7, 11) is -4.58. The van der Waals surface area contributed by atoms with Crippen LogP contribution in [-0.4, -0.2) is 120 Å². The first-order valence-corrected chi connectivity index (χ1v) is 32.3. The molecule has 4 heterocycles. The second kappa shape index (κ2) is 30.2. The topological polar surface area (TPSA) is 150 Å². The van der Waals surface area contributed by atoms with Crippen molar-refractivity contribution >= 4 is 83.9 Å². The molecule has 3 aromatic carbocycles. The van der Waals surface area contributed by atoms with Gasteiger partial charge in [-0.1, -0.05) is 140 Å². The van der Waals surface area contributed by atoms with E-state index in [0.717, 1.165) is 44.2 Å². The fraction of sp³-hybridized carbons (Fsp3) is 0.455. The number of hydrogen-bond donors (Lipinski definition) is 0. The van der Waals surface area contributed by atoms with Crippen molar-refractivity contribution in [2.75, 3.05) is 26.2 Å². The zero-order chi connectivity index (χ0) is 61.7. The maximum atomic E-state index is 13.0. The van der Waals surface area contributed by atoms with E-state index in [-0.39, 0.29) is 66.3 Å². The van der Waals surface area contributed by atoms with Gasteiger partial charge in [0.25, 0.3) is 0 Å². The van der Waals surface area contributed by atoms with Gasteiger partial charge in [-0.15, -0.1) is 0 Å². The number of nitrogens with zero attached hydrogens (tertiary/aromatic N) is 4. The Morgan fingerprint density at radius 1 is 0.427 bits per heavy atom. The molecule has 446 valence electrons. The lowest BCUT2D eigenvalue weighted by atomic mass is 9.96. The van der Waals surface area contributed by atoms with Gasteiger partial charge in [-0.05, 0) is 153 Å². The quantitative estimate of drug-likeness (QED) is 0.114. The number of fused-ring (bicyclic) bond motifs is 1. The number of carbonyl (C=O) groups is 4. The molecule has 8 atom stereocenters. The molecule has 0 bridgehead atoms. The fourth-order valence-electron chi connectivity index (χ4n) is 9.32. The Labute approximate surface area is 501 Å². The Hall–Kier alpha value is -5.04. The van der Waals surface area contributed by atoms with E-state index in [1.165, 1.54) is 0 Å². The molecule has 0 amide bonds. The molecule has 3 aromatic rings. The van der Waals surface area contributed by atoms with Gasteiger partial charge >= 0.3 is 0 Å². The SMILES string of the molecule is C/C=C/C=C/[C@H]1C(C(C)=O)=CCN1[S@@](=O)C(C)(C)C.C/C=C/[C@H]1C(C(C)=O)=CCN1[S@@](=O)C(C)(C)C.CC(=O)C1=CCN([S@@](=O)C(C)(C)C)[C@H]1/C=C/c1ccccc1.CC(=O)C1=CCN([S@@](=O)C(C)(C)C)[C@H]1c1ccc2ccccc2c1. The van der Waals surface area contributed by atoms with E-state index in [1.807, 2.05) is 236 Å². The van der Waals surface area contributed by atoms with Gasteiger partial charge in [0, 0.05) is 48.5 Å². The third-order valence-electron chi connectivity index (χ3n) is 13.3. The predicted octanol–water partition coefficient (Wildman–Crippen LogP) is 12.5. The van der Waals surface area contributed by atoms with Crippen molar-refractivity contribution in [3.8, 4) is 0 Å². The Morgan fingerprint density at radius 2 is 0.793 bits per heavy atom. The van der Waals surface area contributed by atoms with E-state index in [0.29, 0.717) is 26.2 Å². The van der Waals surface area contributed by atoms with Gasteiger partial charge in [-0.3, -0.25) is 19.2 Å². The second-order valence-corrected chi connectivity index (χ2v) is 33.0. The third-order valence-corrected chi connectivity index (χ3v) is 20.7. The summed E-state index contributed by atoms with van der Waals surface area (Å²) >= 11 is 0. The summed E-state index contributed by atoms with van der Waals surface area (Å²) in [6.45, 7) is 35.8. The van der Waals surface area contributed by atoms with Crippen molar-refractivity contribution in [2.24, 2.45) is 0 Å². The van der Waals surface area contributed by atoms with Gasteiger partial charge in [0.05, 0.1) is 43.2 Å². The van der Waals surface area contributed by atoms with Crippen LogP contribution < -0.4 is 0 Å². The minimum absolute atomic E-state index is 0.0381. The highest BCUT2D eigenvalue weighted by atomic mass is 32.2. The molecular weight excluding hydrogens is 1110 g/mol. The monoisotopic (exact) mass is 1190 g/mol. The number of carbonyl (C=O) groups excluding carboxylic acids is 4. The molecule has 82 heavy (non-hydrogen) atoms. The van der Waals surface area contributed by atoms with Crippen LogP contribution in [0.2, 0.25) is 0 Å². The first-order valence-electron chi connectivity index (χ1n) is 27.9. The summed E-state index contributed by atoms with van der Waals surface area (Å²) in [6.07, 6.45) is 23.1. The Balaban J connectivity index is 0.000000237. The van der Waals surface area contributed by atoms with Gasteiger partial charge in [0.15, 0.2) is 23.1 Å². The molecule has 0 spiro atoms. The van der Waals surface area contributed by atoms with Crippen LogP contribution in [0.5, 0.6) is 0 Å². The zero-order valence-corrected chi connectivity index (χ0v) is 54.9. The number of ketones is 4. The Morgan fingerprint density at radius 3 is 1.20 bits per heavy atom. The fourth-order valence-corrected chi connectivity index (χ4v) is 14.6. The van der Waals surface area contributed by atoms with E-state index in [1.54, 1.807) is 27.7 Å². The molecule has 0 aromatic heterocycles. The van der Waals surface area contributed by atoms with Crippen LogP contribution in [0.15, 0.2) is 162 Å². The number of hydrogen-bond acceptors (Lipinski definition) is 8. The molecule has 12 nitrogen and oxygen atoms in total. The molecule has 0 unspecified atom stereocenters. The minimum atomic E-state index is -1.19. The van der Waals surface area contributed by atoms with Crippen LogP contribution in [0.4, 0.5) is 0 Å². The molecule has 0 radical (unpaired) electrons. The summed E-state index contributed by atoms with van der Waals surface area (Å²) in [5.74, 6) is 0.183. The molecule has 0 saturated heterocycles.